The van der Waals surface area contributed by atoms with Gasteiger partial charge < -0.3 is 15.2 Å². The SMILES string of the molecule is Cn1ccnc1C(=O)N1CCN(S(C)(=O)=O)CC(C(N)=O)C1. The van der Waals surface area contributed by atoms with E-state index in [0.717, 1.165) is 6.26 Å². The summed E-state index contributed by atoms with van der Waals surface area (Å²) in [6.45, 7) is 0.368. The highest BCUT2D eigenvalue weighted by atomic mass is 32.2. The van der Waals surface area contributed by atoms with Crippen molar-refractivity contribution >= 4 is 21.8 Å². The molecule has 9 nitrogen and oxygen atoms in total. The summed E-state index contributed by atoms with van der Waals surface area (Å²) in [5, 5.41) is 0. The summed E-state index contributed by atoms with van der Waals surface area (Å²) in [7, 11) is -1.77. The van der Waals surface area contributed by atoms with Crippen LogP contribution in [0.25, 0.3) is 0 Å². The van der Waals surface area contributed by atoms with Gasteiger partial charge in [-0.1, -0.05) is 0 Å². The highest BCUT2D eigenvalue weighted by Crippen LogP contribution is 2.14. The van der Waals surface area contributed by atoms with Crippen molar-refractivity contribution in [2.45, 2.75) is 0 Å². The highest BCUT2D eigenvalue weighted by Gasteiger charge is 2.33. The predicted molar refractivity (Wildman–Crippen MR) is 78.2 cm³/mol. The smallest absolute Gasteiger partial charge is 0.289 e. The Bertz CT molecular complexity index is 683. The van der Waals surface area contributed by atoms with Crippen molar-refractivity contribution in [3.63, 3.8) is 0 Å². The number of nitrogens with two attached hydrogens (primary N) is 1. The molecular weight excluding hydrogens is 310 g/mol. The summed E-state index contributed by atoms with van der Waals surface area (Å²) in [5.41, 5.74) is 5.33. The molecule has 1 saturated heterocycles. The summed E-state index contributed by atoms with van der Waals surface area (Å²) in [6.07, 6.45) is 4.21. The maximum atomic E-state index is 12.5. The lowest BCUT2D eigenvalue weighted by molar-refractivity contribution is -0.122. The largest absolute Gasteiger partial charge is 0.369 e. The van der Waals surface area contributed by atoms with Crippen LogP contribution in [0.3, 0.4) is 0 Å². The number of hydrogen-bond donors (Lipinski definition) is 1. The Balaban J connectivity index is 2.25. The van der Waals surface area contributed by atoms with E-state index in [0.29, 0.717) is 0 Å². The molecule has 2 N–H and O–H groups in total. The van der Waals surface area contributed by atoms with E-state index in [1.165, 1.54) is 15.4 Å². The molecule has 10 heteroatoms. The van der Waals surface area contributed by atoms with E-state index in [2.05, 4.69) is 4.98 Å². The zero-order chi connectivity index (χ0) is 16.5. The number of aryl methyl sites for hydroxylation is 1. The van der Waals surface area contributed by atoms with Crippen LogP contribution in [-0.4, -0.2) is 71.4 Å². The zero-order valence-corrected chi connectivity index (χ0v) is 13.3. The van der Waals surface area contributed by atoms with Crippen LogP contribution in [0.4, 0.5) is 0 Å². The average molecular weight is 329 g/mol. The molecule has 2 heterocycles. The first-order valence-electron chi connectivity index (χ1n) is 6.71. The van der Waals surface area contributed by atoms with E-state index in [9.17, 15) is 18.0 Å². The summed E-state index contributed by atoms with van der Waals surface area (Å²) >= 11 is 0. The number of sulfonamides is 1. The molecule has 0 bridgehead atoms. The Morgan fingerprint density at radius 1 is 1.32 bits per heavy atom. The van der Waals surface area contributed by atoms with Crippen LogP contribution in [0.1, 0.15) is 10.6 Å². The van der Waals surface area contributed by atoms with E-state index < -0.39 is 21.8 Å². The lowest BCUT2D eigenvalue weighted by atomic mass is 10.1. The van der Waals surface area contributed by atoms with Gasteiger partial charge in [-0.3, -0.25) is 9.59 Å². The maximum absolute atomic E-state index is 12.5. The van der Waals surface area contributed by atoms with Crippen LogP contribution in [0.2, 0.25) is 0 Å². The molecule has 0 aromatic carbocycles. The second-order valence-electron chi connectivity index (χ2n) is 5.33. The minimum absolute atomic E-state index is 0.0154. The number of carbonyl (C=O) groups is 2. The van der Waals surface area contributed by atoms with Crippen molar-refractivity contribution in [3.05, 3.63) is 18.2 Å². The van der Waals surface area contributed by atoms with Crippen molar-refractivity contribution in [2.24, 2.45) is 18.7 Å². The van der Waals surface area contributed by atoms with E-state index in [4.69, 9.17) is 5.73 Å². The van der Waals surface area contributed by atoms with Crippen LogP contribution in [0, 0.1) is 5.92 Å². The van der Waals surface area contributed by atoms with Gasteiger partial charge in [0.1, 0.15) is 0 Å². The number of rotatable bonds is 3. The number of nitrogens with zero attached hydrogens (tertiary/aromatic N) is 4. The van der Waals surface area contributed by atoms with Gasteiger partial charge in [-0.05, 0) is 0 Å². The Morgan fingerprint density at radius 2 is 2.00 bits per heavy atom. The molecule has 1 atom stereocenters. The lowest BCUT2D eigenvalue weighted by Gasteiger charge is -2.22. The molecule has 22 heavy (non-hydrogen) atoms. The molecule has 1 aliphatic heterocycles. The van der Waals surface area contributed by atoms with Crippen LogP contribution in [0.15, 0.2) is 12.4 Å². The van der Waals surface area contributed by atoms with Gasteiger partial charge in [-0.15, -0.1) is 0 Å². The van der Waals surface area contributed by atoms with Gasteiger partial charge in [0.25, 0.3) is 5.91 Å². The molecule has 122 valence electrons. The number of imidazole rings is 1. The Hall–Kier alpha value is -1.94. The van der Waals surface area contributed by atoms with Gasteiger partial charge in [0.2, 0.25) is 15.9 Å². The number of carbonyl (C=O) groups excluding carboxylic acids is 2. The average Bonchev–Trinajstić information content (AvgIpc) is 2.71. The molecule has 1 aromatic rings. The lowest BCUT2D eigenvalue weighted by Crippen LogP contribution is -2.41. The minimum Gasteiger partial charge on any atom is -0.369 e. The van der Waals surface area contributed by atoms with Crippen molar-refractivity contribution in [3.8, 4) is 0 Å². The maximum Gasteiger partial charge on any atom is 0.289 e. The molecule has 1 fully saturated rings. The fraction of sp³-hybridized carbons (Fsp3) is 0.583. The standard InChI is InChI=1S/C12H19N5O4S/c1-15-4-3-14-11(15)12(19)16-5-6-17(22(2,20)21)8-9(7-16)10(13)18/h3-4,9H,5-8H2,1-2H3,(H2,13,18). The van der Waals surface area contributed by atoms with E-state index >= 15 is 0 Å². The second kappa shape index (κ2) is 6.05. The highest BCUT2D eigenvalue weighted by molar-refractivity contribution is 7.88. The van der Waals surface area contributed by atoms with Crippen molar-refractivity contribution in [1.29, 1.82) is 0 Å². The van der Waals surface area contributed by atoms with E-state index in [-0.39, 0.29) is 37.9 Å². The monoisotopic (exact) mass is 329 g/mol. The van der Waals surface area contributed by atoms with Crippen LogP contribution < -0.4 is 5.73 Å². The Kier molecular flexibility index (Phi) is 4.52. The number of aromatic nitrogens is 2. The molecule has 0 radical (unpaired) electrons. The molecule has 1 aliphatic rings. The van der Waals surface area contributed by atoms with Gasteiger partial charge in [-0.2, -0.15) is 4.31 Å². The van der Waals surface area contributed by atoms with Gasteiger partial charge in [-0.25, -0.2) is 13.4 Å². The summed E-state index contributed by atoms with van der Waals surface area (Å²) in [4.78, 5) is 29.4. The van der Waals surface area contributed by atoms with Crippen LogP contribution in [-0.2, 0) is 21.9 Å². The summed E-state index contributed by atoms with van der Waals surface area (Å²) in [5.74, 6) is -1.50. The number of primary amides is 1. The molecule has 2 amide bonds. The third-order valence-electron chi connectivity index (χ3n) is 3.66. The number of amides is 2. The Morgan fingerprint density at radius 3 is 2.50 bits per heavy atom. The van der Waals surface area contributed by atoms with Gasteiger partial charge >= 0.3 is 0 Å². The fourth-order valence-electron chi connectivity index (χ4n) is 2.36. The minimum atomic E-state index is -3.46. The molecule has 0 saturated carbocycles. The summed E-state index contributed by atoms with van der Waals surface area (Å²) < 4.78 is 26.2. The first-order chi connectivity index (χ1) is 10.2. The van der Waals surface area contributed by atoms with Crippen molar-refractivity contribution < 1.29 is 18.0 Å². The molecule has 2 rings (SSSR count). The normalized spacial score (nSPS) is 20.6. The van der Waals surface area contributed by atoms with Crippen molar-refractivity contribution in [1.82, 2.24) is 18.8 Å². The fourth-order valence-corrected chi connectivity index (χ4v) is 3.23. The zero-order valence-electron chi connectivity index (χ0n) is 12.5. The molecule has 1 unspecified atom stereocenters. The third-order valence-corrected chi connectivity index (χ3v) is 4.92. The first kappa shape index (κ1) is 16.4. The van der Waals surface area contributed by atoms with Gasteiger partial charge in [0, 0.05) is 45.6 Å². The topological polar surface area (TPSA) is 119 Å². The van der Waals surface area contributed by atoms with E-state index in [1.807, 2.05) is 0 Å². The van der Waals surface area contributed by atoms with Crippen LogP contribution >= 0.6 is 0 Å². The number of hydrogen-bond acceptors (Lipinski definition) is 5. The van der Waals surface area contributed by atoms with Crippen molar-refractivity contribution in [2.75, 3.05) is 32.4 Å². The Labute approximate surface area is 128 Å². The van der Waals surface area contributed by atoms with E-state index in [1.54, 1.807) is 17.8 Å². The summed E-state index contributed by atoms with van der Waals surface area (Å²) in [6, 6.07) is 0. The first-order valence-corrected chi connectivity index (χ1v) is 8.56. The molecule has 0 aliphatic carbocycles. The molecular formula is C12H19N5O4S. The van der Waals surface area contributed by atoms with Crippen LogP contribution in [0.5, 0.6) is 0 Å². The second-order valence-corrected chi connectivity index (χ2v) is 7.32. The third kappa shape index (κ3) is 3.45. The van der Waals surface area contributed by atoms with Gasteiger partial charge in [0.05, 0.1) is 12.2 Å². The van der Waals surface area contributed by atoms with Gasteiger partial charge in [0.15, 0.2) is 5.82 Å². The molecule has 0 spiro atoms. The molecule has 1 aromatic heterocycles. The predicted octanol–water partition coefficient (Wildman–Crippen LogP) is -1.76. The quantitative estimate of drug-likeness (QED) is 0.704.